The van der Waals surface area contributed by atoms with Crippen LogP contribution in [0.3, 0.4) is 0 Å². The lowest BCUT2D eigenvalue weighted by atomic mass is 9.81. The van der Waals surface area contributed by atoms with Crippen LogP contribution in [0, 0.1) is 11.2 Å². The van der Waals surface area contributed by atoms with Gasteiger partial charge < -0.3 is 9.84 Å². The van der Waals surface area contributed by atoms with Crippen molar-refractivity contribution in [3.8, 4) is 0 Å². The van der Waals surface area contributed by atoms with Crippen LogP contribution in [0.15, 0.2) is 18.2 Å². The first-order valence-electron chi connectivity index (χ1n) is 5.29. The van der Waals surface area contributed by atoms with Gasteiger partial charge in [0.05, 0.1) is 12.0 Å². The molecule has 5 heteroatoms. The Hall–Kier alpha value is -1.13. The number of carboxylic acid groups (broad SMARTS) is 1. The minimum absolute atomic E-state index is 0.177. The molecule has 1 heterocycles. The molecule has 1 fully saturated rings. The van der Waals surface area contributed by atoms with E-state index in [0.29, 0.717) is 18.6 Å². The van der Waals surface area contributed by atoms with Crippen molar-refractivity contribution in [3.63, 3.8) is 0 Å². The maximum atomic E-state index is 12.9. The van der Waals surface area contributed by atoms with Crippen molar-refractivity contribution in [2.45, 2.75) is 12.8 Å². The monoisotopic (exact) mass is 258 g/mol. The first-order chi connectivity index (χ1) is 8.03. The summed E-state index contributed by atoms with van der Waals surface area (Å²) in [6, 6.07) is 4.01. The summed E-state index contributed by atoms with van der Waals surface area (Å²) in [5, 5.41) is 9.53. The van der Waals surface area contributed by atoms with Crippen LogP contribution in [0.5, 0.6) is 0 Å². The van der Waals surface area contributed by atoms with Gasteiger partial charge in [-0.25, -0.2) is 4.39 Å². The molecule has 0 aromatic heterocycles. The fourth-order valence-corrected chi connectivity index (χ4v) is 2.25. The van der Waals surface area contributed by atoms with E-state index in [1.807, 2.05) is 0 Å². The third-order valence-corrected chi connectivity index (χ3v) is 3.45. The number of rotatable bonds is 3. The lowest BCUT2D eigenvalue weighted by Gasteiger charge is -2.22. The second kappa shape index (κ2) is 4.63. The molecule has 3 nitrogen and oxygen atoms in total. The third kappa shape index (κ3) is 2.42. The molecule has 17 heavy (non-hydrogen) atoms. The van der Waals surface area contributed by atoms with E-state index in [0.717, 1.165) is 0 Å². The molecule has 1 N–H and O–H groups in total. The number of halogens is 2. The Morgan fingerprint density at radius 1 is 1.59 bits per heavy atom. The van der Waals surface area contributed by atoms with Crippen LogP contribution < -0.4 is 0 Å². The van der Waals surface area contributed by atoms with E-state index in [1.54, 1.807) is 0 Å². The van der Waals surface area contributed by atoms with Gasteiger partial charge in [0.25, 0.3) is 0 Å². The highest BCUT2D eigenvalue weighted by molar-refractivity contribution is 6.31. The lowest BCUT2D eigenvalue weighted by molar-refractivity contribution is -0.148. The molecular formula is C12H12ClFO3. The molecule has 1 saturated heterocycles. The Labute approximate surface area is 103 Å². The van der Waals surface area contributed by atoms with Crippen LogP contribution in [-0.2, 0) is 16.0 Å². The van der Waals surface area contributed by atoms with Crippen LogP contribution in [0.1, 0.15) is 12.0 Å². The van der Waals surface area contributed by atoms with Crippen molar-refractivity contribution in [2.24, 2.45) is 5.41 Å². The molecule has 0 radical (unpaired) electrons. The Bertz CT molecular complexity index is 441. The SMILES string of the molecule is O=C(O)C1(Cc2ccc(F)cc2Cl)CCOC1. The van der Waals surface area contributed by atoms with Gasteiger partial charge in [-0.05, 0) is 30.5 Å². The highest BCUT2D eigenvalue weighted by Gasteiger charge is 2.42. The summed E-state index contributed by atoms with van der Waals surface area (Å²) in [7, 11) is 0. The van der Waals surface area contributed by atoms with Gasteiger partial charge >= 0.3 is 5.97 Å². The third-order valence-electron chi connectivity index (χ3n) is 3.10. The molecule has 1 aliphatic heterocycles. The summed E-state index contributed by atoms with van der Waals surface area (Å²) in [6.07, 6.45) is 0.720. The van der Waals surface area contributed by atoms with Crippen LogP contribution >= 0.6 is 11.6 Å². The highest BCUT2D eigenvalue weighted by Crippen LogP contribution is 2.35. The molecule has 1 unspecified atom stereocenters. The molecule has 1 aliphatic rings. The van der Waals surface area contributed by atoms with Gasteiger partial charge in [0, 0.05) is 11.6 Å². The second-order valence-corrected chi connectivity index (χ2v) is 4.71. The molecule has 0 aliphatic carbocycles. The molecule has 92 valence electrons. The van der Waals surface area contributed by atoms with E-state index in [2.05, 4.69) is 0 Å². The van der Waals surface area contributed by atoms with E-state index >= 15 is 0 Å². The largest absolute Gasteiger partial charge is 0.481 e. The summed E-state index contributed by atoms with van der Waals surface area (Å²) < 4.78 is 18.0. The molecule has 0 saturated carbocycles. The first-order valence-corrected chi connectivity index (χ1v) is 5.66. The van der Waals surface area contributed by atoms with Crippen LogP contribution in [-0.4, -0.2) is 24.3 Å². The normalized spacial score (nSPS) is 23.9. The number of hydrogen-bond acceptors (Lipinski definition) is 2. The molecule has 2 rings (SSSR count). The number of carboxylic acids is 1. The van der Waals surface area contributed by atoms with Gasteiger partial charge in [0.2, 0.25) is 0 Å². The molecule has 1 aromatic rings. The maximum absolute atomic E-state index is 12.9. The van der Waals surface area contributed by atoms with Gasteiger partial charge in [-0.15, -0.1) is 0 Å². The predicted molar refractivity (Wildman–Crippen MR) is 60.6 cm³/mol. The zero-order valence-electron chi connectivity index (χ0n) is 9.08. The van der Waals surface area contributed by atoms with Crippen molar-refractivity contribution in [1.29, 1.82) is 0 Å². The summed E-state index contributed by atoms with van der Waals surface area (Å²) in [5.74, 6) is -1.32. The molecule has 1 aromatic carbocycles. The summed E-state index contributed by atoms with van der Waals surface area (Å²) in [6.45, 7) is 0.612. The van der Waals surface area contributed by atoms with E-state index in [9.17, 15) is 14.3 Å². The Kier molecular flexibility index (Phi) is 3.35. The van der Waals surface area contributed by atoms with Crippen LogP contribution in [0.4, 0.5) is 4.39 Å². The molecule has 0 spiro atoms. The average molecular weight is 259 g/mol. The minimum Gasteiger partial charge on any atom is -0.481 e. The number of benzene rings is 1. The summed E-state index contributed by atoms with van der Waals surface area (Å²) >= 11 is 5.90. The van der Waals surface area contributed by atoms with E-state index in [4.69, 9.17) is 16.3 Å². The fourth-order valence-electron chi connectivity index (χ4n) is 2.02. The summed E-state index contributed by atoms with van der Waals surface area (Å²) in [4.78, 5) is 11.3. The molecular weight excluding hydrogens is 247 g/mol. The van der Waals surface area contributed by atoms with Gasteiger partial charge in [-0.3, -0.25) is 4.79 Å². The lowest BCUT2D eigenvalue weighted by Crippen LogP contribution is -2.33. The van der Waals surface area contributed by atoms with Crippen molar-refractivity contribution in [1.82, 2.24) is 0 Å². The smallest absolute Gasteiger partial charge is 0.312 e. The second-order valence-electron chi connectivity index (χ2n) is 4.30. The van der Waals surface area contributed by atoms with Crippen LogP contribution in [0.2, 0.25) is 5.02 Å². The fraction of sp³-hybridized carbons (Fsp3) is 0.417. The maximum Gasteiger partial charge on any atom is 0.312 e. The number of aliphatic carboxylic acids is 1. The predicted octanol–water partition coefficient (Wildman–Crippen LogP) is 2.51. The zero-order chi connectivity index (χ0) is 12.5. The highest BCUT2D eigenvalue weighted by atomic mass is 35.5. The van der Waals surface area contributed by atoms with Crippen molar-refractivity contribution >= 4 is 17.6 Å². The Balaban J connectivity index is 2.26. The number of carbonyl (C=O) groups is 1. The Morgan fingerprint density at radius 2 is 2.35 bits per heavy atom. The summed E-state index contributed by atoms with van der Waals surface area (Å²) in [5.41, 5.74) is -0.289. The van der Waals surface area contributed by atoms with Crippen LogP contribution in [0.25, 0.3) is 0 Å². The molecule has 0 amide bonds. The first kappa shape index (κ1) is 12.3. The standard InChI is InChI=1S/C12H12ClFO3/c13-10-5-9(14)2-1-8(10)6-12(11(15)16)3-4-17-7-12/h1-2,5H,3-4,6-7H2,(H,15,16). The number of hydrogen-bond donors (Lipinski definition) is 1. The number of ether oxygens (including phenoxy) is 1. The average Bonchev–Trinajstić information content (AvgIpc) is 2.72. The Morgan fingerprint density at radius 3 is 2.88 bits per heavy atom. The van der Waals surface area contributed by atoms with E-state index in [1.165, 1.54) is 18.2 Å². The van der Waals surface area contributed by atoms with E-state index < -0.39 is 17.2 Å². The molecule has 1 atom stereocenters. The van der Waals surface area contributed by atoms with Gasteiger partial charge in [0.15, 0.2) is 0 Å². The van der Waals surface area contributed by atoms with Crippen molar-refractivity contribution < 1.29 is 19.0 Å². The quantitative estimate of drug-likeness (QED) is 0.906. The molecule has 0 bridgehead atoms. The van der Waals surface area contributed by atoms with Crippen molar-refractivity contribution in [3.05, 3.63) is 34.6 Å². The van der Waals surface area contributed by atoms with E-state index in [-0.39, 0.29) is 18.1 Å². The van der Waals surface area contributed by atoms with Gasteiger partial charge in [0.1, 0.15) is 5.82 Å². The van der Waals surface area contributed by atoms with Crippen molar-refractivity contribution in [2.75, 3.05) is 13.2 Å². The van der Waals surface area contributed by atoms with Gasteiger partial charge in [-0.1, -0.05) is 17.7 Å². The minimum atomic E-state index is -0.929. The van der Waals surface area contributed by atoms with Gasteiger partial charge in [-0.2, -0.15) is 0 Å². The zero-order valence-corrected chi connectivity index (χ0v) is 9.84. The topological polar surface area (TPSA) is 46.5 Å².